The molecule has 82 valence electrons. The Labute approximate surface area is 92.3 Å². The molecule has 0 saturated heterocycles. The van der Waals surface area contributed by atoms with Gasteiger partial charge < -0.3 is 4.74 Å². The van der Waals surface area contributed by atoms with Gasteiger partial charge in [0, 0.05) is 0 Å². The van der Waals surface area contributed by atoms with Crippen LogP contribution in [0.1, 0.15) is 5.56 Å². The molecule has 2 aromatic carbocycles. The van der Waals surface area contributed by atoms with Crippen molar-refractivity contribution in [2.45, 2.75) is 6.92 Å². The quantitative estimate of drug-likeness (QED) is 0.741. The van der Waals surface area contributed by atoms with Crippen LogP contribution in [0.15, 0.2) is 42.5 Å². The summed E-state index contributed by atoms with van der Waals surface area (Å²) in [5, 5.41) is 0. The summed E-state index contributed by atoms with van der Waals surface area (Å²) in [5.74, 6) is -0.925. The third-order valence-electron chi connectivity index (χ3n) is 2.21. The zero-order chi connectivity index (χ0) is 11.5. The van der Waals surface area contributed by atoms with Gasteiger partial charge in [0.05, 0.1) is 0 Å². The van der Waals surface area contributed by atoms with E-state index in [1.807, 2.05) is 0 Å². The molecule has 2 aromatic rings. The van der Waals surface area contributed by atoms with Gasteiger partial charge >= 0.3 is 0 Å². The number of hydrogen-bond acceptors (Lipinski definition) is 1. The number of rotatable bonds is 2. The normalized spacial score (nSPS) is 10.2. The third kappa shape index (κ3) is 2.03. The first-order valence-electron chi connectivity index (χ1n) is 4.86. The smallest absolute Gasteiger partial charge is 0.168 e. The summed E-state index contributed by atoms with van der Waals surface area (Å²) >= 11 is 0. The third-order valence-corrected chi connectivity index (χ3v) is 2.21. The molecule has 2 rings (SSSR count). The van der Waals surface area contributed by atoms with Crippen molar-refractivity contribution in [2.75, 3.05) is 0 Å². The average molecular weight is 220 g/mol. The Bertz CT molecular complexity index is 509. The molecule has 0 aliphatic carbocycles. The number of halogens is 2. The van der Waals surface area contributed by atoms with Gasteiger partial charge in [0.2, 0.25) is 0 Å². The molecule has 0 aliphatic rings. The molecule has 0 fully saturated rings. The topological polar surface area (TPSA) is 9.23 Å². The number of hydrogen-bond donors (Lipinski definition) is 0. The minimum Gasteiger partial charge on any atom is -0.451 e. The van der Waals surface area contributed by atoms with E-state index in [9.17, 15) is 8.78 Å². The number of aryl methyl sites for hydroxylation is 1. The fourth-order valence-corrected chi connectivity index (χ4v) is 1.35. The number of para-hydroxylation sites is 1. The Hall–Kier alpha value is -1.90. The summed E-state index contributed by atoms with van der Waals surface area (Å²) in [5.41, 5.74) is 0.467. The summed E-state index contributed by atoms with van der Waals surface area (Å²) < 4.78 is 32.0. The van der Waals surface area contributed by atoms with Crippen LogP contribution in [0.3, 0.4) is 0 Å². The van der Waals surface area contributed by atoms with E-state index in [0.717, 1.165) is 0 Å². The van der Waals surface area contributed by atoms with E-state index < -0.39 is 11.6 Å². The minimum atomic E-state index is -0.511. The van der Waals surface area contributed by atoms with Crippen LogP contribution >= 0.6 is 0 Å². The maximum Gasteiger partial charge on any atom is 0.168 e. The molecule has 0 atom stereocenters. The molecule has 0 spiro atoms. The Morgan fingerprint density at radius 3 is 2.31 bits per heavy atom. The highest BCUT2D eigenvalue weighted by molar-refractivity contribution is 5.35. The molecule has 0 aliphatic heterocycles. The van der Waals surface area contributed by atoms with Crippen LogP contribution in [-0.2, 0) is 0 Å². The molecule has 0 N–H and O–H groups in total. The second-order valence-electron chi connectivity index (χ2n) is 3.42. The van der Waals surface area contributed by atoms with Crippen molar-refractivity contribution in [3.05, 3.63) is 59.7 Å². The first kappa shape index (κ1) is 10.6. The molecule has 3 heteroatoms. The summed E-state index contributed by atoms with van der Waals surface area (Å²) in [6.07, 6.45) is 0. The van der Waals surface area contributed by atoms with Gasteiger partial charge in [-0.3, -0.25) is 0 Å². The summed E-state index contributed by atoms with van der Waals surface area (Å²) in [7, 11) is 0. The average Bonchev–Trinajstić information content (AvgIpc) is 2.28. The van der Waals surface area contributed by atoms with Crippen LogP contribution < -0.4 is 4.74 Å². The van der Waals surface area contributed by atoms with Crippen molar-refractivity contribution in [2.24, 2.45) is 0 Å². The predicted octanol–water partition coefficient (Wildman–Crippen LogP) is 4.07. The molecule has 0 amide bonds. The zero-order valence-electron chi connectivity index (χ0n) is 8.71. The van der Waals surface area contributed by atoms with Crippen LogP contribution in [0.25, 0.3) is 0 Å². The lowest BCUT2D eigenvalue weighted by Gasteiger charge is -2.08. The van der Waals surface area contributed by atoms with Crippen LogP contribution in [0.5, 0.6) is 11.5 Å². The lowest BCUT2D eigenvalue weighted by Crippen LogP contribution is -1.92. The SMILES string of the molecule is Cc1cccc(Oc2ccccc2F)c1F. The molecule has 1 nitrogen and oxygen atoms in total. The van der Waals surface area contributed by atoms with Gasteiger partial charge in [0.25, 0.3) is 0 Å². The van der Waals surface area contributed by atoms with Gasteiger partial charge in [-0.05, 0) is 30.7 Å². The lowest BCUT2D eigenvalue weighted by atomic mass is 10.2. The van der Waals surface area contributed by atoms with Crippen LogP contribution in [-0.4, -0.2) is 0 Å². The predicted molar refractivity (Wildman–Crippen MR) is 57.6 cm³/mol. The van der Waals surface area contributed by atoms with Gasteiger partial charge in [0.1, 0.15) is 0 Å². The fourth-order valence-electron chi connectivity index (χ4n) is 1.35. The molecule has 0 bridgehead atoms. The Morgan fingerprint density at radius 1 is 0.875 bits per heavy atom. The highest BCUT2D eigenvalue weighted by Crippen LogP contribution is 2.27. The van der Waals surface area contributed by atoms with Gasteiger partial charge in [-0.1, -0.05) is 24.3 Å². The molecular formula is C13H10F2O. The monoisotopic (exact) mass is 220 g/mol. The Kier molecular flexibility index (Phi) is 2.86. The second kappa shape index (κ2) is 4.31. The highest BCUT2D eigenvalue weighted by atomic mass is 19.1. The van der Waals surface area contributed by atoms with Crippen LogP contribution in [0.2, 0.25) is 0 Å². The molecular weight excluding hydrogens is 210 g/mol. The van der Waals surface area contributed by atoms with Gasteiger partial charge in [0.15, 0.2) is 23.1 Å². The van der Waals surface area contributed by atoms with E-state index in [4.69, 9.17) is 4.74 Å². The number of ether oxygens (including phenoxy) is 1. The molecule has 0 heterocycles. The highest BCUT2D eigenvalue weighted by Gasteiger charge is 2.09. The molecule has 0 saturated carbocycles. The van der Waals surface area contributed by atoms with Gasteiger partial charge in [-0.15, -0.1) is 0 Å². The van der Waals surface area contributed by atoms with Crippen LogP contribution in [0.4, 0.5) is 8.78 Å². The van der Waals surface area contributed by atoms with E-state index in [-0.39, 0.29) is 11.5 Å². The first-order valence-corrected chi connectivity index (χ1v) is 4.86. The lowest BCUT2D eigenvalue weighted by molar-refractivity contribution is 0.413. The Morgan fingerprint density at radius 2 is 1.56 bits per heavy atom. The van der Waals surface area contributed by atoms with Crippen molar-refractivity contribution >= 4 is 0 Å². The van der Waals surface area contributed by atoms with E-state index in [0.29, 0.717) is 5.56 Å². The van der Waals surface area contributed by atoms with Crippen LogP contribution in [0, 0.1) is 18.6 Å². The summed E-state index contributed by atoms with van der Waals surface area (Å²) in [6.45, 7) is 1.63. The van der Waals surface area contributed by atoms with Crippen molar-refractivity contribution in [1.82, 2.24) is 0 Å². The maximum atomic E-state index is 13.6. The molecule has 0 unspecified atom stereocenters. The maximum absolute atomic E-state index is 13.6. The van der Waals surface area contributed by atoms with Crippen molar-refractivity contribution < 1.29 is 13.5 Å². The molecule has 16 heavy (non-hydrogen) atoms. The standard InChI is InChI=1S/C13H10F2O/c1-9-5-4-8-12(13(9)15)16-11-7-3-2-6-10(11)14/h2-8H,1H3. The number of benzene rings is 2. The van der Waals surface area contributed by atoms with E-state index >= 15 is 0 Å². The fraction of sp³-hybridized carbons (Fsp3) is 0.0769. The summed E-state index contributed by atoms with van der Waals surface area (Å²) in [6, 6.07) is 10.7. The van der Waals surface area contributed by atoms with Crippen molar-refractivity contribution in [3.8, 4) is 11.5 Å². The first-order chi connectivity index (χ1) is 7.68. The summed E-state index contributed by atoms with van der Waals surface area (Å²) in [4.78, 5) is 0. The largest absolute Gasteiger partial charge is 0.451 e. The van der Waals surface area contributed by atoms with Crippen molar-refractivity contribution in [1.29, 1.82) is 0 Å². The second-order valence-corrected chi connectivity index (χ2v) is 3.42. The zero-order valence-corrected chi connectivity index (χ0v) is 8.71. The van der Waals surface area contributed by atoms with Gasteiger partial charge in [-0.25, -0.2) is 8.78 Å². The van der Waals surface area contributed by atoms with E-state index in [2.05, 4.69) is 0 Å². The van der Waals surface area contributed by atoms with Crippen molar-refractivity contribution in [3.63, 3.8) is 0 Å². The molecule has 0 radical (unpaired) electrons. The van der Waals surface area contributed by atoms with E-state index in [1.165, 1.54) is 18.2 Å². The molecule has 0 aromatic heterocycles. The van der Waals surface area contributed by atoms with Gasteiger partial charge in [-0.2, -0.15) is 0 Å². The Balaban J connectivity index is 2.35. The van der Waals surface area contributed by atoms with E-state index in [1.54, 1.807) is 31.2 Å². The minimum absolute atomic E-state index is 0.0204.